The van der Waals surface area contributed by atoms with E-state index in [0.717, 1.165) is 25.7 Å². The monoisotopic (exact) mass is 376 g/mol. The fourth-order valence-corrected chi connectivity index (χ4v) is 4.35. The van der Waals surface area contributed by atoms with Crippen molar-refractivity contribution >= 4 is 31.2 Å². The van der Waals surface area contributed by atoms with Crippen LogP contribution in [0.3, 0.4) is 0 Å². The van der Waals surface area contributed by atoms with E-state index in [1.807, 2.05) is 27.7 Å². The van der Waals surface area contributed by atoms with Gasteiger partial charge in [-0.25, -0.2) is 0 Å². The fraction of sp³-hybridized carbons (Fsp3) is 0.889. The van der Waals surface area contributed by atoms with Gasteiger partial charge in [-0.05, 0) is 38.9 Å². The predicted octanol–water partition coefficient (Wildman–Crippen LogP) is 5.17. The molecule has 0 aromatic carbocycles. The number of rotatable bonds is 11. The molecule has 0 aliphatic rings. The molecular weight excluding hydrogens is 340 g/mol. The van der Waals surface area contributed by atoms with Crippen molar-refractivity contribution in [2.24, 2.45) is 0 Å². The summed E-state index contributed by atoms with van der Waals surface area (Å²) in [6.07, 6.45) is 4.20. The van der Waals surface area contributed by atoms with Gasteiger partial charge in [0.15, 0.2) is 13.4 Å². The number of hydrogen-bond acceptors (Lipinski definition) is 5. The molecule has 0 heterocycles. The van der Waals surface area contributed by atoms with Crippen LogP contribution in [0.1, 0.15) is 66.2 Å². The van der Waals surface area contributed by atoms with Gasteiger partial charge in [0.1, 0.15) is 0 Å². The molecule has 0 aliphatic carbocycles. The molecule has 142 valence electrons. The molecule has 1 unspecified atom stereocenters. The second kappa shape index (κ2) is 11.3. The molecule has 0 fully saturated rings. The number of carbonyl (C=O) groups is 2. The summed E-state index contributed by atoms with van der Waals surface area (Å²) in [5.41, 5.74) is 0. The molecule has 4 nitrogen and oxygen atoms in total. The van der Waals surface area contributed by atoms with E-state index in [4.69, 9.17) is 9.16 Å². The third kappa shape index (κ3) is 15.2. The highest BCUT2D eigenvalue weighted by molar-refractivity contribution is 8.14. The smallest absolute Gasteiger partial charge is 0.305 e. The molecule has 0 saturated carbocycles. The largest absolute Gasteiger partial charge is 0.466 e. The lowest BCUT2D eigenvalue weighted by molar-refractivity contribution is -0.143. The molecule has 0 spiro atoms. The van der Waals surface area contributed by atoms with Crippen LogP contribution in [0.5, 0.6) is 0 Å². The maximum atomic E-state index is 12.2. The van der Waals surface area contributed by atoms with Gasteiger partial charge < -0.3 is 9.16 Å². The summed E-state index contributed by atoms with van der Waals surface area (Å²) < 4.78 is 11.2. The van der Waals surface area contributed by atoms with Crippen LogP contribution in [0.2, 0.25) is 19.6 Å². The fourth-order valence-electron chi connectivity index (χ4n) is 2.20. The van der Waals surface area contributed by atoms with E-state index in [0.29, 0.717) is 19.4 Å². The highest BCUT2D eigenvalue weighted by atomic mass is 32.2. The van der Waals surface area contributed by atoms with Crippen LogP contribution in [-0.4, -0.2) is 36.9 Å². The van der Waals surface area contributed by atoms with Crippen LogP contribution in [0.25, 0.3) is 0 Å². The standard InChI is InChI=1S/C18H36O4SSi/c1-8-13-21-16(19)12-10-9-11-15(22-24(5,6)7)14-17(20)23-18(2,3)4/h15H,8-14H2,1-7H3. The van der Waals surface area contributed by atoms with Crippen molar-refractivity contribution in [3.8, 4) is 0 Å². The van der Waals surface area contributed by atoms with E-state index in [1.165, 1.54) is 11.8 Å². The zero-order valence-corrected chi connectivity index (χ0v) is 18.4. The number of hydrogen-bond donors (Lipinski definition) is 0. The van der Waals surface area contributed by atoms with Crippen LogP contribution in [-0.2, 0) is 18.8 Å². The Balaban J connectivity index is 4.32. The quantitative estimate of drug-likeness (QED) is 0.283. The van der Waals surface area contributed by atoms with E-state index < -0.39 is 8.32 Å². The van der Waals surface area contributed by atoms with Crippen molar-refractivity contribution in [3.63, 3.8) is 0 Å². The molecule has 0 amide bonds. The van der Waals surface area contributed by atoms with Crippen molar-refractivity contribution in [3.05, 3.63) is 0 Å². The molecule has 0 N–H and O–H groups in total. The summed E-state index contributed by atoms with van der Waals surface area (Å²) in [7, 11) is -1.70. The Bertz CT molecular complexity index is 385. The van der Waals surface area contributed by atoms with Gasteiger partial charge in [-0.2, -0.15) is 0 Å². The van der Waals surface area contributed by atoms with Crippen molar-refractivity contribution in [2.75, 3.05) is 6.61 Å². The average Bonchev–Trinajstić information content (AvgIpc) is 2.37. The van der Waals surface area contributed by atoms with Crippen LogP contribution >= 0.6 is 11.8 Å². The van der Waals surface area contributed by atoms with E-state index >= 15 is 0 Å². The molecular formula is C18H36O4SSi. The lowest BCUT2D eigenvalue weighted by Gasteiger charge is -2.27. The van der Waals surface area contributed by atoms with E-state index in [9.17, 15) is 9.59 Å². The average molecular weight is 377 g/mol. The molecule has 0 aromatic heterocycles. The second-order valence-electron chi connectivity index (χ2n) is 8.11. The lowest BCUT2D eigenvalue weighted by atomic mass is 10.1. The molecule has 0 rings (SSSR count). The number of thioether (sulfide) groups is 1. The van der Waals surface area contributed by atoms with Crippen LogP contribution in [0.15, 0.2) is 0 Å². The third-order valence-electron chi connectivity index (χ3n) is 2.96. The summed E-state index contributed by atoms with van der Waals surface area (Å²) in [6.45, 7) is 15.1. The van der Waals surface area contributed by atoms with Gasteiger partial charge in [-0.3, -0.25) is 9.59 Å². The molecule has 0 aromatic rings. The Labute approximate surface area is 153 Å². The molecule has 1 atom stereocenters. The summed E-state index contributed by atoms with van der Waals surface area (Å²) in [4.78, 5) is 23.7. The second-order valence-corrected chi connectivity index (χ2v) is 14.5. The minimum atomic E-state index is -1.70. The number of carbonyl (C=O) groups excluding carboxylic acids is 2. The minimum absolute atomic E-state index is 0.0364. The van der Waals surface area contributed by atoms with Crippen LogP contribution < -0.4 is 0 Å². The molecule has 24 heavy (non-hydrogen) atoms. The normalized spacial score (nSPS) is 13.6. The SMILES string of the molecule is CCCOC(=O)CCCCC(CC(=O)SC(C)(C)C)O[Si](C)(C)C. The maximum Gasteiger partial charge on any atom is 0.305 e. The Morgan fingerprint density at radius 2 is 1.75 bits per heavy atom. The van der Waals surface area contributed by atoms with Gasteiger partial charge in [0.05, 0.1) is 12.7 Å². The van der Waals surface area contributed by atoms with Crippen LogP contribution in [0, 0.1) is 0 Å². The topological polar surface area (TPSA) is 52.6 Å². The Kier molecular flexibility index (Phi) is 11.2. The van der Waals surface area contributed by atoms with Crippen molar-refractivity contribution in [2.45, 2.75) is 96.7 Å². The summed E-state index contributed by atoms with van der Waals surface area (Å²) >= 11 is 1.39. The molecule has 0 bridgehead atoms. The van der Waals surface area contributed by atoms with Crippen molar-refractivity contribution in [1.29, 1.82) is 0 Å². The van der Waals surface area contributed by atoms with Crippen molar-refractivity contribution < 1.29 is 18.8 Å². The third-order valence-corrected chi connectivity index (χ3v) is 5.01. The van der Waals surface area contributed by atoms with E-state index in [1.54, 1.807) is 0 Å². The number of unbranched alkanes of at least 4 members (excludes halogenated alkanes) is 1. The predicted molar refractivity (Wildman–Crippen MR) is 105 cm³/mol. The minimum Gasteiger partial charge on any atom is -0.466 e. The Morgan fingerprint density at radius 1 is 1.12 bits per heavy atom. The summed E-state index contributed by atoms with van der Waals surface area (Å²) in [6, 6.07) is 0. The first-order valence-electron chi connectivity index (χ1n) is 8.98. The van der Waals surface area contributed by atoms with E-state index in [2.05, 4.69) is 19.6 Å². The highest BCUT2D eigenvalue weighted by Crippen LogP contribution is 2.27. The Morgan fingerprint density at radius 3 is 2.25 bits per heavy atom. The molecule has 0 aliphatic heterocycles. The van der Waals surface area contributed by atoms with Gasteiger partial charge in [0.2, 0.25) is 0 Å². The first-order chi connectivity index (χ1) is 10.9. The zero-order valence-electron chi connectivity index (χ0n) is 16.6. The Hall–Kier alpha value is -0.333. The van der Waals surface area contributed by atoms with E-state index in [-0.39, 0.29) is 21.9 Å². The highest BCUT2D eigenvalue weighted by Gasteiger charge is 2.25. The maximum absolute atomic E-state index is 12.2. The zero-order chi connectivity index (χ0) is 18.8. The van der Waals surface area contributed by atoms with Crippen LogP contribution in [0.4, 0.5) is 0 Å². The van der Waals surface area contributed by atoms with Gasteiger partial charge in [-0.15, -0.1) is 0 Å². The first-order valence-corrected chi connectivity index (χ1v) is 13.2. The summed E-state index contributed by atoms with van der Waals surface area (Å²) in [5.74, 6) is -0.126. The molecule has 0 radical (unpaired) electrons. The van der Waals surface area contributed by atoms with Gasteiger partial charge in [-0.1, -0.05) is 45.9 Å². The number of esters is 1. The van der Waals surface area contributed by atoms with Crippen molar-refractivity contribution in [1.82, 2.24) is 0 Å². The molecule has 6 heteroatoms. The lowest BCUT2D eigenvalue weighted by Crippen LogP contribution is -2.33. The number of ether oxygens (including phenoxy) is 1. The summed E-state index contributed by atoms with van der Waals surface area (Å²) in [5, 5.41) is 0.188. The van der Waals surface area contributed by atoms with Gasteiger partial charge >= 0.3 is 5.97 Å². The van der Waals surface area contributed by atoms with Gasteiger partial charge in [0.25, 0.3) is 0 Å². The van der Waals surface area contributed by atoms with Gasteiger partial charge in [0, 0.05) is 17.6 Å². The first kappa shape index (κ1) is 23.7. The molecule has 0 saturated heterocycles.